The molecule has 144 valence electrons. The summed E-state index contributed by atoms with van der Waals surface area (Å²) in [6.07, 6.45) is -2.03. The van der Waals surface area contributed by atoms with Gasteiger partial charge in [-0.25, -0.2) is 9.97 Å². The van der Waals surface area contributed by atoms with Gasteiger partial charge in [-0.05, 0) is 26.7 Å². The standard InChI is InChI=1S/C16H22F3N5O2/c1-10(15(25)24-8-12(11(24)2)26-16(17,18)19)22-13-7-14(21-9-20-13)23-5-3-4-6-23/h7,9-12H,3-6,8H2,1-2H3,(H,20,21,22)/t10-,11+,12+/m1/s1. The Labute approximate surface area is 149 Å². The van der Waals surface area contributed by atoms with Crippen molar-refractivity contribution in [1.29, 1.82) is 0 Å². The zero-order valence-electron chi connectivity index (χ0n) is 14.7. The third kappa shape index (κ3) is 4.17. The van der Waals surface area contributed by atoms with Gasteiger partial charge >= 0.3 is 6.36 Å². The van der Waals surface area contributed by atoms with E-state index in [4.69, 9.17) is 0 Å². The van der Waals surface area contributed by atoms with E-state index >= 15 is 0 Å². The molecule has 3 atom stereocenters. The number of ether oxygens (including phenoxy) is 1. The van der Waals surface area contributed by atoms with E-state index in [2.05, 4.69) is 24.9 Å². The quantitative estimate of drug-likeness (QED) is 0.852. The third-order valence-electron chi connectivity index (χ3n) is 4.79. The summed E-state index contributed by atoms with van der Waals surface area (Å²) in [5, 5.41) is 3.01. The summed E-state index contributed by atoms with van der Waals surface area (Å²) in [7, 11) is 0. The van der Waals surface area contributed by atoms with Crippen molar-refractivity contribution in [1.82, 2.24) is 14.9 Å². The molecule has 0 aromatic carbocycles. The number of nitrogens with one attached hydrogen (secondary N) is 1. The molecular weight excluding hydrogens is 351 g/mol. The predicted octanol–water partition coefficient (Wildman–Crippen LogP) is 2.01. The van der Waals surface area contributed by atoms with Crippen LogP contribution < -0.4 is 10.2 Å². The van der Waals surface area contributed by atoms with Gasteiger partial charge in [0.1, 0.15) is 30.1 Å². The van der Waals surface area contributed by atoms with Crippen LogP contribution in [0.1, 0.15) is 26.7 Å². The Bertz CT molecular complexity index is 651. The SMILES string of the molecule is C[C@@H](Nc1cc(N2CCCC2)ncn1)C(=O)N1C[C@H](OC(F)(F)F)[C@@H]1C. The molecule has 10 heteroatoms. The van der Waals surface area contributed by atoms with Crippen LogP contribution >= 0.6 is 0 Å². The number of likely N-dealkylation sites (tertiary alicyclic amines) is 1. The van der Waals surface area contributed by atoms with Gasteiger partial charge in [0.15, 0.2) is 0 Å². The minimum Gasteiger partial charge on any atom is -0.358 e. The lowest BCUT2D eigenvalue weighted by atomic mass is 10.00. The molecule has 7 nitrogen and oxygen atoms in total. The molecule has 1 N–H and O–H groups in total. The molecule has 2 aliphatic heterocycles. The lowest BCUT2D eigenvalue weighted by molar-refractivity contribution is -0.359. The van der Waals surface area contributed by atoms with E-state index in [0.29, 0.717) is 5.82 Å². The first-order chi connectivity index (χ1) is 12.2. The Morgan fingerprint density at radius 3 is 2.65 bits per heavy atom. The van der Waals surface area contributed by atoms with Crippen molar-refractivity contribution in [3.05, 3.63) is 12.4 Å². The first-order valence-corrected chi connectivity index (χ1v) is 8.63. The number of nitrogens with zero attached hydrogens (tertiary/aromatic N) is 4. The molecule has 0 spiro atoms. The molecule has 2 fully saturated rings. The number of halogens is 3. The topological polar surface area (TPSA) is 70.6 Å². The van der Waals surface area contributed by atoms with Gasteiger partial charge in [0, 0.05) is 25.7 Å². The van der Waals surface area contributed by atoms with Crippen LogP contribution in [0, 0.1) is 0 Å². The normalized spacial score (nSPS) is 24.3. The van der Waals surface area contributed by atoms with E-state index in [0.717, 1.165) is 31.7 Å². The van der Waals surface area contributed by atoms with Crippen LogP contribution in [-0.4, -0.2) is 65.0 Å². The highest BCUT2D eigenvalue weighted by molar-refractivity contribution is 5.85. The predicted molar refractivity (Wildman–Crippen MR) is 88.7 cm³/mol. The molecule has 0 bridgehead atoms. The van der Waals surface area contributed by atoms with Crippen LogP contribution in [0.5, 0.6) is 0 Å². The molecule has 0 unspecified atom stereocenters. The van der Waals surface area contributed by atoms with E-state index in [1.165, 1.54) is 11.2 Å². The van der Waals surface area contributed by atoms with Gasteiger partial charge in [-0.1, -0.05) is 0 Å². The summed E-state index contributed by atoms with van der Waals surface area (Å²) in [6.45, 7) is 5.01. The highest BCUT2D eigenvalue weighted by Crippen LogP contribution is 2.29. The first-order valence-electron chi connectivity index (χ1n) is 8.63. The summed E-state index contributed by atoms with van der Waals surface area (Å²) in [5.41, 5.74) is 0. The monoisotopic (exact) mass is 373 g/mol. The summed E-state index contributed by atoms with van der Waals surface area (Å²) < 4.78 is 40.8. The Kier molecular flexibility index (Phi) is 5.22. The van der Waals surface area contributed by atoms with E-state index in [-0.39, 0.29) is 12.5 Å². The van der Waals surface area contributed by atoms with Crippen molar-refractivity contribution < 1.29 is 22.7 Å². The molecule has 0 saturated carbocycles. The molecule has 0 aliphatic carbocycles. The Morgan fingerprint density at radius 2 is 2.04 bits per heavy atom. The summed E-state index contributed by atoms with van der Waals surface area (Å²) in [6, 6.07) is 0.536. The number of amides is 1. The van der Waals surface area contributed by atoms with Crippen LogP contribution in [0.25, 0.3) is 0 Å². The maximum atomic E-state index is 12.5. The molecule has 0 radical (unpaired) electrons. The lowest BCUT2D eigenvalue weighted by Crippen LogP contribution is -2.64. The van der Waals surface area contributed by atoms with Crippen LogP contribution in [-0.2, 0) is 9.53 Å². The summed E-state index contributed by atoms with van der Waals surface area (Å²) in [5.74, 6) is 1.02. The zero-order valence-corrected chi connectivity index (χ0v) is 14.7. The molecule has 3 heterocycles. The zero-order chi connectivity index (χ0) is 18.9. The number of anilines is 2. The Morgan fingerprint density at radius 1 is 1.35 bits per heavy atom. The largest absolute Gasteiger partial charge is 0.522 e. The van der Waals surface area contributed by atoms with Crippen LogP contribution in [0.2, 0.25) is 0 Å². The number of aromatic nitrogens is 2. The molecule has 26 heavy (non-hydrogen) atoms. The smallest absolute Gasteiger partial charge is 0.358 e. The number of alkyl halides is 3. The van der Waals surface area contributed by atoms with Gasteiger partial charge < -0.3 is 15.1 Å². The molecular formula is C16H22F3N5O2. The van der Waals surface area contributed by atoms with Crippen molar-refractivity contribution in [2.24, 2.45) is 0 Å². The Balaban J connectivity index is 1.56. The van der Waals surface area contributed by atoms with Gasteiger partial charge in [0.25, 0.3) is 0 Å². The number of carbonyl (C=O) groups is 1. The fourth-order valence-corrected chi connectivity index (χ4v) is 3.25. The van der Waals surface area contributed by atoms with Gasteiger partial charge in [0.2, 0.25) is 5.91 Å². The minimum atomic E-state index is -4.69. The van der Waals surface area contributed by atoms with Crippen LogP contribution in [0.4, 0.5) is 24.8 Å². The van der Waals surface area contributed by atoms with Gasteiger partial charge in [-0.2, -0.15) is 0 Å². The second-order valence-electron chi connectivity index (χ2n) is 6.65. The van der Waals surface area contributed by atoms with Crippen LogP contribution in [0.3, 0.4) is 0 Å². The summed E-state index contributed by atoms with van der Waals surface area (Å²) in [4.78, 5) is 24.4. The molecule has 1 amide bonds. The number of rotatable bonds is 5. The third-order valence-corrected chi connectivity index (χ3v) is 4.79. The second-order valence-corrected chi connectivity index (χ2v) is 6.65. The van der Waals surface area contributed by atoms with E-state index < -0.39 is 24.6 Å². The van der Waals surface area contributed by atoms with E-state index in [9.17, 15) is 18.0 Å². The highest BCUT2D eigenvalue weighted by atomic mass is 19.4. The number of hydrogen-bond donors (Lipinski definition) is 1. The van der Waals surface area contributed by atoms with Gasteiger partial charge in [-0.15, -0.1) is 13.2 Å². The average molecular weight is 373 g/mol. The molecule has 2 aliphatic rings. The van der Waals surface area contributed by atoms with E-state index in [1.807, 2.05) is 0 Å². The van der Waals surface area contributed by atoms with Crippen molar-refractivity contribution in [2.75, 3.05) is 29.9 Å². The first kappa shape index (κ1) is 18.7. The maximum Gasteiger partial charge on any atom is 0.522 e. The fraction of sp³-hybridized carbons (Fsp3) is 0.688. The van der Waals surface area contributed by atoms with Crippen molar-refractivity contribution in [3.8, 4) is 0 Å². The fourth-order valence-electron chi connectivity index (χ4n) is 3.25. The molecule has 3 rings (SSSR count). The Hall–Kier alpha value is -2.10. The van der Waals surface area contributed by atoms with E-state index in [1.54, 1.807) is 19.9 Å². The average Bonchev–Trinajstić information content (AvgIpc) is 3.11. The van der Waals surface area contributed by atoms with Crippen molar-refractivity contribution in [2.45, 2.75) is 51.2 Å². The highest BCUT2D eigenvalue weighted by Gasteiger charge is 2.46. The number of carbonyl (C=O) groups excluding carboxylic acids is 1. The minimum absolute atomic E-state index is 0.0751. The van der Waals surface area contributed by atoms with Gasteiger partial charge in [-0.3, -0.25) is 9.53 Å². The molecule has 2 saturated heterocycles. The molecule has 1 aromatic rings. The van der Waals surface area contributed by atoms with Crippen LogP contribution in [0.15, 0.2) is 12.4 Å². The molecule has 1 aromatic heterocycles. The second kappa shape index (κ2) is 7.26. The summed E-state index contributed by atoms with van der Waals surface area (Å²) >= 11 is 0. The number of hydrogen-bond acceptors (Lipinski definition) is 6. The van der Waals surface area contributed by atoms with Crippen molar-refractivity contribution >= 4 is 17.5 Å². The van der Waals surface area contributed by atoms with Crippen molar-refractivity contribution in [3.63, 3.8) is 0 Å². The van der Waals surface area contributed by atoms with Gasteiger partial charge in [0.05, 0.1) is 6.04 Å². The maximum absolute atomic E-state index is 12.5. The lowest BCUT2D eigenvalue weighted by Gasteiger charge is -2.46.